The lowest BCUT2D eigenvalue weighted by Crippen LogP contribution is -2.33. The summed E-state index contributed by atoms with van der Waals surface area (Å²) in [4.78, 5) is 34.8. The highest BCUT2D eigenvalue weighted by Gasteiger charge is 2.16. The molecule has 1 aromatic carbocycles. The Morgan fingerprint density at radius 2 is 1.50 bits per heavy atom. The molecule has 2 amide bonds. The third-order valence-electron chi connectivity index (χ3n) is 3.57. The normalized spacial score (nSPS) is 11.0. The lowest BCUT2D eigenvalue weighted by molar-refractivity contribution is 0.0526. The molecule has 0 unspecified atom stereocenters. The van der Waals surface area contributed by atoms with Crippen molar-refractivity contribution < 1.29 is 24.2 Å². The van der Waals surface area contributed by atoms with Crippen molar-refractivity contribution in [2.24, 2.45) is 0 Å². The number of carboxylic acids is 1. The zero-order valence-corrected chi connectivity index (χ0v) is 16.1. The molecule has 7 nitrogen and oxygen atoms in total. The third kappa shape index (κ3) is 7.13. The molecular weight excluding hydrogens is 336 g/mol. The summed E-state index contributed by atoms with van der Waals surface area (Å²) in [6.45, 7) is 9.69. The molecule has 0 saturated heterocycles. The van der Waals surface area contributed by atoms with Crippen molar-refractivity contribution >= 4 is 18.0 Å². The SMILES string of the molecule is Cc1cc(C(=O)NCCCCNC(=O)OC(C)(C)C)cc(C)c1C(=O)O. The second-order valence-electron chi connectivity index (χ2n) is 7.18. The van der Waals surface area contributed by atoms with Crippen molar-refractivity contribution in [3.8, 4) is 0 Å². The molecule has 0 heterocycles. The first kappa shape index (κ1) is 21.5. The van der Waals surface area contributed by atoms with E-state index < -0.39 is 17.7 Å². The number of hydrogen-bond donors (Lipinski definition) is 3. The Morgan fingerprint density at radius 3 is 1.96 bits per heavy atom. The average molecular weight is 364 g/mol. The van der Waals surface area contributed by atoms with Gasteiger partial charge in [-0.15, -0.1) is 0 Å². The van der Waals surface area contributed by atoms with Gasteiger partial charge in [-0.25, -0.2) is 9.59 Å². The molecule has 3 N–H and O–H groups in total. The number of aromatic carboxylic acids is 1. The van der Waals surface area contributed by atoms with Crippen LogP contribution in [0.15, 0.2) is 12.1 Å². The van der Waals surface area contributed by atoms with Crippen molar-refractivity contribution in [1.29, 1.82) is 0 Å². The molecule has 1 aromatic rings. The Morgan fingerprint density at radius 1 is 1.00 bits per heavy atom. The fourth-order valence-corrected chi connectivity index (χ4v) is 2.49. The maximum atomic E-state index is 12.2. The molecule has 0 bridgehead atoms. The number of hydrogen-bond acceptors (Lipinski definition) is 4. The first-order chi connectivity index (χ1) is 12.0. The van der Waals surface area contributed by atoms with E-state index in [0.717, 1.165) is 0 Å². The van der Waals surface area contributed by atoms with Gasteiger partial charge in [-0.05, 0) is 70.7 Å². The lowest BCUT2D eigenvalue weighted by Gasteiger charge is -2.19. The van der Waals surface area contributed by atoms with Crippen LogP contribution in [0, 0.1) is 13.8 Å². The number of benzene rings is 1. The summed E-state index contributed by atoms with van der Waals surface area (Å²) in [5.74, 6) is -1.24. The van der Waals surface area contributed by atoms with E-state index >= 15 is 0 Å². The quantitative estimate of drug-likeness (QED) is 0.645. The first-order valence-corrected chi connectivity index (χ1v) is 8.61. The number of carboxylic acid groups (broad SMARTS) is 1. The van der Waals surface area contributed by atoms with Gasteiger partial charge in [-0.2, -0.15) is 0 Å². The molecule has 0 aliphatic rings. The van der Waals surface area contributed by atoms with Crippen LogP contribution in [-0.2, 0) is 4.74 Å². The van der Waals surface area contributed by atoms with Crippen LogP contribution in [0.5, 0.6) is 0 Å². The molecule has 0 aliphatic carbocycles. The molecule has 26 heavy (non-hydrogen) atoms. The Hall–Kier alpha value is -2.57. The van der Waals surface area contributed by atoms with E-state index in [1.54, 1.807) is 46.8 Å². The summed E-state index contributed by atoms with van der Waals surface area (Å²) in [6.07, 6.45) is 0.952. The first-order valence-electron chi connectivity index (χ1n) is 8.61. The number of ether oxygens (including phenoxy) is 1. The molecular formula is C19H28N2O5. The molecule has 0 aliphatic heterocycles. The standard InChI is InChI=1S/C19H28N2O5/c1-12-10-14(11-13(2)15(12)17(23)24)16(22)20-8-6-7-9-21-18(25)26-19(3,4)5/h10-11H,6-9H2,1-5H3,(H,20,22)(H,21,25)(H,23,24). The topological polar surface area (TPSA) is 105 Å². The Balaban J connectivity index is 2.37. The van der Waals surface area contributed by atoms with Crippen molar-refractivity contribution in [1.82, 2.24) is 10.6 Å². The molecule has 144 valence electrons. The van der Waals surface area contributed by atoms with Gasteiger partial charge in [0.05, 0.1) is 5.56 Å². The van der Waals surface area contributed by atoms with Gasteiger partial charge < -0.3 is 20.5 Å². The van der Waals surface area contributed by atoms with Crippen LogP contribution < -0.4 is 10.6 Å². The maximum absolute atomic E-state index is 12.2. The predicted molar refractivity (Wildman–Crippen MR) is 98.7 cm³/mol. The van der Waals surface area contributed by atoms with Crippen LogP contribution in [0.4, 0.5) is 4.79 Å². The van der Waals surface area contributed by atoms with Crippen LogP contribution in [0.2, 0.25) is 0 Å². The minimum absolute atomic E-state index is 0.231. The summed E-state index contributed by atoms with van der Waals surface area (Å²) in [5.41, 5.74) is 1.27. The van der Waals surface area contributed by atoms with E-state index in [-0.39, 0.29) is 11.5 Å². The highest BCUT2D eigenvalue weighted by molar-refractivity contribution is 5.97. The van der Waals surface area contributed by atoms with Crippen molar-refractivity contribution in [3.05, 3.63) is 34.4 Å². The highest BCUT2D eigenvalue weighted by Crippen LogP contribution is 2.16. The summed E-state index contributed by atoms with van der Waals surface area (Å²) in [5, 5.41) is 14.6. The molecule has 7 heteroatoms. The van der Waals surface area contributed by atoms with Crippen LogP contribution >= 0.6 is 0 Å². The van der Waals surface area contributed by atoms with Gasteiger partial charge in [0.15, 0.2) is 0 Å². The number of rotatable bonds is 7. The Bertz CT molecular complexity index is 654. The minimum atomic E-state index is -0.996. The molecule has 0 saturated carbocycles. The molecule has 0 aromatic heterocycles. The molecule has 0 radical (unpaired) electrons. The number of carbonyl (C=O) groups is 3. The van der Waals surface area contributed by atoms with Crippen LogP contribution in [0.25, 0.3) is 0 Å². The van der Waals surface area contributed by atoms with E-state index in [1.807, 2.05) is 0 Å². The van der Waals surface area contributed by atoms with Crippen molar-refractivity contribution in [2.75, 3.05) is 13.1 Å². The Kier molecular flexibility index (Phi) is 7.61. The van der Waals surface area contributed by atoms with Crippen LogP contribution in [-0.4, -0.2) is 41.8 Å². The molecule has 1 rings (SSSR count). The maximum Gasteiger partial charge on any atom is 0.407 e. The minimum Gasteiger partial charge on any atom is -0.478 e. The molecule has 0 spiro atoms. The fraction of sp³-hybridized carbons (Fsp3) is 0.526. The lowest BCUT2D eigenvalue weighted by atomic mass is 9.99. The van der Waals surface area contributed by atoms with Gasteiger partial charge in [0.2, 0.25) is 0 Å². The summed E-state index contributed by atoms with van der Waals surface area (Å²) < 4.78 is 5.13. The number of nitrogens with one attached hydrogen (secondary N) is 2. The van der Waals surface area contributed by atoms with E-state index in [1.165, 1.54) is 0 Å². The summed E-state index contributed by atoms with van der Waals surface area (Å²) in [6, 6.07) is 3.16. The zero-order chi connectivity index (χ0) is 19.9. The van der Waals surface area contributed by atoms with Crippen molar-refractivity contribution in [2.45, 2.75) is 53.1 Å². The smallest absolute Gasteiger partial charge is 0.407 e. The fourth-order valence-electron chi connectivity index (χ4n) is 2.49. The highest BCUT2D eigenvalue weighted by atomic mass is 16.6. The van der Waals surface area contributed by atoms with Gasteiger partial charge in [0, 0.05) is 18.7 Å². The van der Waals surface area contributed by atoms with Gasteiger partial charge in [0.25, 0.3) is 5.91 Å². The second-order valence-corrected chi connectivity index (χ2v) is 7.18. The van der Waals surface area contributed by atoms with E-state index in [4.69, 9.17) is 9.84 Å². The zero-order valence-electron chi connectivity index (χ0n) is 16.1. The van der Waals surface area contributed by atoms with Crippen LogP contribution in [0.3, 0.4) is 0 Å². The third-order valence-corrected chi connectivity index (χ3v) is 3.57. The Labute approximate surface area is 154 Å². The monoisotopic (exact) mass is 364 g/mol. The van der Waals surface area contributed by atoms with Crippen molar-refractivity contribution in [3.63, 3.8) is 0 Å². The number of alkyl carbamates (subject to hydrolysis) is 1. The molecule has 0 atom stereocenters. The number of aryl methyl sites for hydroxylation is 2. The van der Waals surface area contributed by atoms with Gasteiger partial charge >= 0.3 is 12.1 Å². The van der Waals surface area contributed by atoms with E-state index in [9.17, 15) is 14.4 Å². The predicted octanol–water partition coefficient (Wildman–Crippen LogP) is 3.04. The largest absolute Gasteiger partial charge is 0.478 e. The summed E-state index contributed by atoms with van der Waals surface area (Å²) in [7, 11) is 0. The average Bonchev–Trinajstić information content (AvgIpc) is 2.47. The summed E-state index contributed by atoms with van der Waals surface area (Å²) >= 11 is 0. The molecule has 0 fully saturated rings. The van der Waals surface area contributed by atoms with E-state index in [2.05, 4.69) is 10.6 Å². The number of carbonyl (C=O) groups excluding carboxylic acids is 2. The van der Waals surface area contributed by atoms with Gasteiger partial charge in [-0.3, -0.25) is 4.79 Å². The van der Waals surface area contributed by atoms with Gasteiger partial charge in [-0.1, -0.05) is 0 Å². The van der Waals surface area contributed by atoms with Gasteiger partial charge in [0.1, 0.15) is 5.60 Å². The second kappa shape index (κ2) is 9.22. The van der Waals surface area contributed by atoms with Crippen LogP contribution in [0.1, 0.15) is 65.5 Å². The number of amides is 2. The number of unbranched alkanes of at least 4 members (excludes halogenated alkanes) is 1. The van der Waals surface area contributed by atoms with E-state index in [0.29, 0.717) is 42.6 Å².